The Balaban J connectivity index is 1.43. The molecule has 4 N–H and O–H groups in total. The van der Waals surface area contributed by atoms with Crippen molar-refractivity contribution in [2.24, 2.45) is 0 Å². The van der Waals surface area contributed by atoms with E-state index in [9.17, 15) is 15.0 Å². The number of hydrogen-bond donors (Lipinski definition) is 3. The number of fused-ring (bicyclic) bond motifs is 1. The molecule has 0 spiro atoms. The lowest BCUT2D eigenvalue weighted by Gasteiger charge is -2.29. The number of nitrogen functional groups attached to an aromatic ring is 1. The van der Waals surface area contributed by atoms with E-state index in [1.807, 2.05) is 26.8 Å². The van der Waals surface area contributed by atoms with Crippen LogP contribution in [0.5, 0.6) is 0 Å². The van der Waals surface area contributed by atoms with E-state index in [0.29, 0.717) is 16.7 Å². The van der Waals surface area contributed by atoms with E-state index in [0.717, 1.165) is 0 Å². The van der Waals surface area contributed by atoms with Crippen molar-refractivity contribution in [3.05, 3.63) is 53.3 Å². The van der Waals surface area contributed by atoms with Crippen LogP contribution in [0.3, 0.4) is 0 Å². The van der Waals surface area contributed by atoms with Crippen molar-refractivity contribution in [2.75, 3.05) is 12.3 Å². The fourth-order valence-electron chi connectivity index (χ4n) is 4.35. The second-order valence-electron chi connectivity index (χ2n) is 10.3. The third-order valence-corrected chi connectivity index (χ3v) is 6.61. The van der Waals surface area contributed by atoms with Crippen LogP contribution in [0, 0.1) is 0 Å². The monoisotopic (exact) mass is 557 g/mol. The second kappa shape index (κ2) is 10.1. The first-order valence-corrected chi connectivity index (χ1v) is 12.6. The highest BCUT2D eigenvalue weighted by atomic mass is 35.5. The maximum Gasteiger partial charge on any atom is 0.344 e. The summed E-state index contributed by atoms with van der Waals surface area (Å²) in [7, 11) is 0. The van der Waals surface area contributed by atoms with E-state index in [-0.39, 0.29) is 36.4 Å². The van der Waals surface area contributed by atoms with Crippen molar-refractivity contribution in [1.29, 1.82) is 0 Å². The summed E-state index contributed by atoms with van der Waals surface area (Å²) in [5, 5.41) is 33.8. The summed E-state index contributed by atoms with van der Waals surface area (Å²) in [5.41, 5.74) is 4.75. The number of rotatable bonds is 8. The minimum atomic E-state index is -2.00. The average molecular weight is 558 g/mol. The van der Waals surface area contributed by atoms with Gasteiger partial charge in [0.2, 0.25) is 16.7 Å². The van der Waals surface area contributed by atoms with E-state index in [4.69, 9.17) is 26.8 Å². The zero-order valence-corrected chi connectivity index (χ0v) is 22.2. The highest BCUT2D eigenvalue weighted by Gasteiger charge is 2.49. The molecular formula is C24H28ClN9O5. The molecule has 4 atom stereocenters. The highest BCUT2D eigenvalue weighted by molar-refractivity contribution is 6.28. The molecule has 206 valence electrons. The van der Waals surface area contributed by atoms with Crippen LogP contribution >= 0.6 is 11.6 Å². The minimum absolute atomic E-state index is 0.0527. The van der Waals surface area contributed by atoms with Crippen molar-refractivity contribution >= 4 is 34.6 Å². The molecular weight excluding hydrogens is 530 g/mol. The Morgan fingerprint density at radius 1 is 1.26 bits per heavy atom. The molecule has 4 aromatic rings. The second-order valence-corrected chi connectivity index (χ2v) is 10.7. The Morgan fingerprint density at radius 2 is 2.00 bits per heavy atom. The van der Waals surface area contributed by atoms with Gasteiger partial charge in [0, 0.05) is 12.8 Å². The number of carboxylic acid groups (broad SMARTS) is 1. The Kier molecular flexibility index (Phi) is 6.97. The number of halogens is 1. The standard InChI is InChI=1S/C24H28ClN9O5/c1-23(2,3)34-31-20(30-32-34)24(21(36)37,10-13-7-5-4-6-8-13)38-11-15-14(35)9-16(39-15)33-12-27-17-18(26)28-22(25)29-19(17)33/h4-8,12,14-16,35H,9-11H2,1-3H3,(H,36,37)(H2,26,28,29)/t14-,15-,16-,24?/m1/s1. The molecule has 0 aliphatic carbocycles. The smallest absolute Gasteiger partial charge is 0.344 e. The third kappa shape index (κ3) is 5.15. The van der Waals surface area contributed by atoms with Crippen LogP contribution in [0.15, 0.2) is 36.7 Å². The molecule has 0 bridgehead atoms. The SMILES string of the molecule is CC(C)(C)n1nnc(C(Cc2ccccc2)(OC[C@H]2O[C@@H](n3cnc4c(N)nc(Cl)nc43)C[C@H]2O)C(=O)O)n1. The van der Waals surface area contributed by atoms with E-state index >= 15 is 0 Å². The summed E-state index contributed by atoms with van der Waals surface area (Å²) < 4.78 is 13.8. The van der Waals surface area contributed by atoms with Gasteiger partial charge in [-0.25, -0.2) is 9.78 Å². The molecule has 1 saturated heterocycles. The summed E-state index contributed by atoms with van der Waals surface area (Å²) >= 11 is 5.97. The van der Waals surface area contributed by atoms with E-state index in [2.05, 4.69) is 30.4 Å². The van der Waals surface area contributed by atoms with E-state index in [1.165, 1.54) is 11.1 Å². The Labute approximate surface area is 227 Å². The van der Waals surface area contributed by atoms with Gasteiger partial charge < -0.3 is 25.4 Å². The number of nitrogens with two attached hydrogens (primary N) is 1. The number of ether oxygens (including phenoxy) is 2. The fourth-order valence-corrected chi connectivity index (χ4v) is 4.52. The van der Waals surface area contributed by atoms with Gasteiger partial charge in [-0.1, -0.05) is 30.3 Å². The van der Waals surface area contributed by atoms with Crippen molar-refractivity contribution in [3.8, 4) is 0 Å². The maximum absolute atomic E-state index is 12.8. The molecule has 1 aromatic carbocycles. The molecule has 4 heterocycles. The van der Waals surface area contributed by atoms with Crippen LogP contribution < -0.4 is 5.73 Å². The number of hydrogen-bond acceptors (Lipinski definition) is 11. The highest BCUT2D eigenvalue weighted by Crippen LogP contribution is 2.35. The van der Waals surface area contributed by atoms with Crippen LogP contribution in [-0.4, -0.2) is 74.7 Å². The van der Waals surface area contributed by atoms with Gasteiger partial charge in [-0.2, -0.15) is 14.8 Å². The first-order chi connectivity index (χ1) is 18.5. The molecule has 0 amide bonds. The largest absolute Gasteiger partial charge is 0.479 e. The number of aliphatic carboxylic acids is 1. The summed E-state index contributed by atoms with van der Waals surface area (Å²) in [4.78, 5) is 26.5. The van der Waals surface area contributed by atoms with Crippen LogP contribution in [-0.2, 0) is 31.8 Å². The number of carboxylic acids is 1. The minimum Gasteiger partial charge on any atom is -0.479 e. The number of aliphatic hydroxyl groups is 1. The van der Waals surface area contributed by atoms with Gasteiger partial charge >= 0.3 is 5.97 Å². The molecule has 1 fully saturated rings. The number of aliphatic hydroxyl groups excluding tert-OH is 1. The molecule has 14 nitrogen and oxygen atoms in total. The number of anilines is 1. The van der Waals surface area contributed by atoms with Gasteiger partial charge in [0.1, 0.15) is 17.8 Å². The summed E-state index contributed by atoms with van der Waals surface area (Å²) in [6.45, 7) is 5.33. The van der Waals surface area contributed by atoms with Gasteiger partial charge in [-0.15, -0.1) is 10.2 Å². The molecule has 1 unspecified atom stereocenters. The van der Waals surface area contributed by atoms with Crippen LogP contribution in [0.1, 0.15) is 44.8 Å². The molecule has 1 aliphatic rings. The normalized spacial score (nSPS) is 21.3. The van der Waals surface area contributed by atoms with Crippen LogP contribution in [0.2, 0.25) is 5.28 Å². The molecule has 15 heteroatoms. The molecule has 0 saturated carbocycles. The van der Waals surface area contributed by atoms with Gasteiger partial charge in [0.15, 0.2) is 11.5 Å². The van der Waals surface area contributed by atoms with Crippen molar-refractivity contribution < 1.29 is 24.5 Å². The molecule has 3 aromatic heterocycles. The van der Waals surface area contributed by atoms with Gasteiger partial charge in [0.25, 0.3) is 0 Å². The average Bonchev–Trinajstić information content (AvgIpc) is 3.61. The van der Waals surface area contributed by atoms with Crippen LogP contribution in [0.25, 0.3) is 11.2 Å². The fraction of sp³-hybridized carbons (Fsp3) is 0.458. The number of benzene rings is 1. The zero-order chi connectivity index (χ0) is 27.9. The van der Waals surface area contributed by atoms with E-state index in [1.54, 1.807) is 28.8 Å². The first-order valence-electron chi connectivity index (χ1n) is 12.2. The summed E-state index contributed by atoms with van der Waals surface area (Å²) in [6.07, 6.45) is -0.988. The van der Waals surface area contributed by atoms with Crippen LogP contribution in [0.4, 0.5) is 5.82 Å². The lowest BCUT2D eigenvalue weighted by atomic mass is 9.93. The van der Waals surface area contributed by atoms with Crippen molar-refractivity contribution in [1.82, 2.24) is 39.7 Å². The maximum atomic E-state index is 12.8. The molecule has 5 rings (SSSR count). The van der Waals surface area contributed by atoms with Crippen molar-refractivity contribution in [3.63, 3.8) is 0 Å². The number of imidazole rings is 1. The van der Waals surface area contributed by atoms with Gasteiger partial charge in [-0.3, -0.25) is 4.57 Å². The summed E-state index contributed by atoms with van der Waals surface area (Å²) in [6, 6.07) is 9.00. The topological polar surface area (TPSA) is 189 Å². The van der Waals surface area contributed by atoms with E-state index < -0.39 is 35.5 Å². The Hall–Kier alpha value is -3.72. The number of carbonyl (C=O) groups is 1. The predicted molar refractivity (Wildman–Crippen MR) is 138 cm³/mol. The van der Waals surface area contributed by atoms with Gasteiger partial charge in [0.05, 0.1) is 24.6 Å². The van der Waals surface area contributed by atoms with Crippen molar-refractivity contribution in [2.45, 2.75) is 63.2 Å². The number of tetrazole rings is 1. The number of nitrogens with zero attached hydrogens (tertiary/aromatic N) is 8. The predicted octanol–water partition coefficient (Wildman–Crippen LogP) is 1.69. The quantitative estimate of drug-likeness (QED) is 0.266. The lowest BCUT2D eigenvalue weighted by molar-refractivity contribution is -0.178. The first kappa shape index (κ1) is 26.9. The molecule has 39 heavy (non-hydrogen) atoms. The Morgan fingerprint density at radius 3 is 2.67 bits per heavy atom. The Bertz CT molecular complexity index is 1490. The third-order valence-electron chi connectivity index (χ3n) is 6.45. The zero-order valence-electron chi connectivity index (χ0n) is 21.5. The molecule has 0 radical (unpaired) electrons. The molecule has 1 aliphatic heterocycles. The lowest BCUT2D eigenvalue weighted by Crippen LogP contribution is -2.45. The number of aromatic nitrogens is 8. The summed E-state index contributed by atoms with van der Waals surface area (Å²) in [5.74, 6) is -1.29. The van der Waals surface area contributed by atoms with Gasteiger partial charge in [-0.05, 0) is 43.1 Å².